The highest BCUT2D eigenvalue weighted by atomic mass is 19.1. The summed E-state index contributed by atoms with van der Waals surface area (Å²) >= 11 is 0. The average Bonchev–Trinajstić information content (AvgIpc) is 3.79. The van der Waals surface area contributed by atoms with Crippen LogP contribution in [0.1, 0.15) is 71.8 Å². The van der Waals surface area contributed by atoms with E-state index in [9.17, 15) is 9.18 Å². The molecular formula is C43H48F2N6O6. The Bertz CT molecular complexity index is 2300. The lowest BCUT2D eigenvalue weighted by Crippen LogP contribution is -2.65. The van der Waals surface area contributed by atoms with Crippen molar-refractivity contribution >= 4 is 33.6 Å². The molecule has 0 spiro atoms. The Hall–Kier alpha value is -5.00. The first-order valence-corrected chi connectivity index (χ1v) is 19.9. The zero-order valence-corrected chi connectivity index (χ0v) is 33.0. The number of methoxy groups -OCH3 is 1. The third-order valence-corrected chi connectivity index (χ3v) is 12.3. The number of ether oxygens (including phenoxy) is 5. The van der Waals surface area contributed by atoms with Crippen molar-refractivity contribution in [3.63, 3.8) is 0 Å². The highest BCUT2D eigenvalue weighted by molar-refractivity contribution is 6.04. The van der Waals surface area contributed by atoms with Gasteiger partial charge in [0.1, 0.15) is 52.6 Å². The van der Waals surface area contributed by atoms with Gasteiger partial charge >= 0.3 is 12.1 Å². The van der Waals surface area contributed by atoms with Crippen molar-refractivity contribution in [3.05, 3.63) is 41.7 Å². The molecule has 2 aromatic heterocycles. The first kappa shape index (κ1) is 37.6. The number of nitrogens with zero attached hydrogens (tertiary/aromatic N) is 6. The highest BCUT2D eigenvalue weighted by Crippen LogP contribution is 2.48. The van der Waals surface area contributed by atoms with Gasteiger partial charge in [-0.25, -0.2) is 18.6 Å². The number of amides is 1. The lowest BCUT2D eigenvalue weighted by molar-refractivity contribution is -0.000594. The zero-order valence-electron chi connectivity index (χ0n) is 33.0. The molecule has 6 atom stereocenters. The Morgan fingerprint density at radius 2 is 1.96 bits per heavy atom. The zero-order chi connectivity index (χ0) is 39.8. The molecule has 7 heterocycles. The van der Waals surface area contributed by atoms with E-state index in [0.717, 1.165) is 37.6 Å². The third kappa shape index (κ3) is 6.34. The number of benzene rings is 2. The fraction of sp³-hybridized carbons (Fsp3) is 0.535. The van der Waals surface area contributed by atoms with Gasteiger partial charge in [-0.15, -0.1) is 6.42 Å². The molecule has 300 valence electrons. The van der Waals surface area contributed by atoms with E-state index in [1.54, 1.807) is 12.1 Å². The Morgan fingerprint density at radius 1 is 1.12 bits per heavy atom. The number of terminal acetylenes is 1. The van der Waals surface area contributed by atoms with Gasteiger partial charge in [-0.1, -0.05) is 25.0 Å². The lowest BCUT2D eigenvalue weighted by Gasteiger charge is -2.48. The summed E-state index contributed by atoms with van der Waals surface area (Å²) in [4.78, 5) is 34.7. The number of halogens is 2. The summed E-state index contributed by atoms with van der Waals surface area (Å²) < 4.78 is 62.9. The average molecular weight is 783 g/mol. The predicted octanol–water partition coefficient (Wildman–Crippen LogP) is 7.03. The number of fused-ring (bicyclic) bond motifs is 7. The molecule has 1 amide bonds. The Kier molecular flexibility index (Phi) is 9.31. The fourth-order valence-electron chi connectivity index (χ4n) is 10.0. The van der Waals surface area contributed by atoms with Crippen molar-refractivity contribution in [2.45, 2.75) is 108 Å². The standard InChI is InChI=1S/C43H48F2N6O6/c1-7-24-11-9-12-25-17-28(55-23-53-6)18-29(32(24)25)35-34(45)36-33-38(48-40(47-36)54-22-43-15-10-16-49(43)20-26(44)19-43)50-21-27-13-14-30(51(27)41(52)57-42(3,4)5)37(50)31(8-2)56-39(33)46-35/h1,9,11-12,17-18,26-27,30-31,37H,8,10,13-16,19-23H2,2-6H3/t26-,27-,30+,31?,37+,43+/m1/s1. The number of hydrogen-bond donors (Lipinski definition) is 0. The Morgan fingerprint density at radius 3 is 2.74 bits per heavy atom. The minimum atomic E-state index is -0.947. The third-order valence-electron chi connectivity index (χ3n) is 12.3. The van der Waals surface area contributed by atoms with Gasteiger partial charge < -0.3 is 28.6 Å². The van der Waals surface area contributed by atoms with E-state index in [1.807, 2.05) is 50.8 Å². The molecule has 0 N–H and O–H groups in total. The van der Waals surface area contributed by atoms with Gasteiger partial charge in [0.15, 0.2) is 12.6 Å². The van der Waals surface area contributed by atoms with Gasteiger partial charge in [-0.05, 0) is 83.0 Å². The fourth-order valence-corrected chi connectivity index (χ4v) is 10.0. The van der Waals surface area contributed by atoms with Crippen molar-refractivity contribution in [1.29, 1.82) is 0 Å². The van der Waals surface area contributed by atoms with E-state index in [0.29, 0.717) is 59.4 Å². The van der Waals surface area contributed by atoms with E-state index in [-0.39, 0.29) is 60.7 Å². The van der Waals surface area contributed by atoms with Gasteiger partial charge in [0.2, 0.25) is 5.88 Å². The van der Waals surface area contributed by atoms with Crippen LogP contribution in [-0.2, 0) is 9.47 Å². The SMILES string of the molecule is C#Cc1cccc2cc(OCOC)cc(-c3nc4c5c(nc(OC[C@@]67CCCN6C[C@H](F)C7)nc5c3F)N3C[C@H]5CC[C@@H]([C@H]3C(CC)O4)N5C(=O)OC(C)(C)C)c12. The first-order valence-electron chi connectivity index (χ1n) is 19.9. The molecule has 0 radical (unpaired) electrons. The summed E-state index contributed by atoms with van der Waals surface area (Å²) in [6, 6.07) is 8.17. The minimum absolute atomic E-state index is 0.0231. The maximum Gasteiger partial charge on any atom is 0.410 e. The number of pyridine rings is 1. The molecule has 14 heteroatoms. The van der Waals surface area contributed by atoms with Crippen LogP contribution in [0, 0.1) is 18.2 Å². The number of alkyl halides is 1. The molecule has 2 bridgehead atoms. The molecule has 57 heavy (non-hydrogen) atoms. The van der Waals surface area contributed by atoms with Gasteiger partial charge in [0, 0.05) is 43.1 Å². The molecule has 1 unspecified atom stereocenters. The molecule has 4 saturated heterocycles. The van der Waals surface area contributed by atoms with Crippen LogP contribution in [0.25, 0.3) is 32.9 Å². The van der Waals surface area contributed by atoms with E-state index < -0.39 is 29.2 Å². The summed E-state index contributed by atoms with van der Waals surface area (Å²) in [6.07, 6.45) is 8.35. The van der Waals surface area contributed by atoms with E-state index in [4.69, 9.17) is 45.1 Å². The molecule has 5 aliphatic rings. The van der Waals surface area contributed by atoms with Crippen LogP contribution in [0.2, 0.25) is 0 Å². The smallest absolute Gasteiger partial charge is 0.410 e. The maximum atomic E-state index is 17.7. The van der Waals surface area contributed by atoms with E-state index in [2.05, 4.69) is 15.7 Å². The molecular weight excluding hydrogens is 735 g/mol. The monoisotopic (exact) mass is 782 g/mol. The van der Waals surface area contributed by atoms with E-state index in [1.165, 1.54) is 7.11 Å². The number of anilines is 1. The van der Waals surface area contributed by atoms with Crippen molar-refractivity contribution < 1.29 is 37.3 Å². The normalized spacial score (nSPS) is 26.5. The number of aromatic nitrogens is 3. The Balaban J connectivity index is 1.23. The molecule has 0 aliphatic carbocycles. The first-order chi connectivity index (χ1) is 27.4. The quantitative estimate of drug-likeness (QED) is 0.136. The number of carbonyl (C=O) groups excluding carboxylic acids is 1. The molecule has 0 saturated carbocycles. The molecule has 5 aliphatic heterocycles. The van der Waals surface area contributed by atoms with Crippen molar-refractivity contribution in [3.8, 4) is 41.2 Å². The summed E-state index contributed by atoms with van der Waals surface area (Å²) in [5.41, 5.74) is -0.291. The number of rotatable bonds is 8. The second-order valence-corrected chi connectivity index (χ2v) is 17.0. The van der Waals surface area contributed by atoms with Crippen LogP contribution in [0.5, 0.6) is 17.6 Å². The summed E-state index contributed by atoms with van der Waals surface area (Å²) in [6.45, 7) is 9.30. The molecule has 2 aromatic carbocycles. The van der Waals surface area contributed by atoms with Crippen LogP contribution in [0.3, 0.4) is 0 Å². The second-order valence-electron chi connectivity index (χ2n) is 17.0. The second kappa shape index (κ2) is 14.1. The van der Waals surface area contributed by atoms with Crippen LogP contribution in [-0.4, -0.2) is 113 Å². The highest BCUT2D eigenvalue weighted by Gasteiger charge is 2.55. The van der Waals surface area contributed by atoms with Crippen LogP contribution < -0.4 is 19.1 Å². The van der Waals surface area contributed by atoms with Crippen LogP contribution >= 0.6 is 0 Å². The van der Waals surface area contributed by atoms with Crippen molar-refractivity contribution in [1.82, 2.24) is 24.8 Å². The van der Waals surface area contributed by atoms with Gasteiger partial charge in [0.25, 0.3) is 0 Å². The number of hydrogen-bond acceptors (Lipinski definition) is 11. The van der Waals surface area contributed by atoms with Gasteiger partial charge in [0.05, 0.1) is 23.7 Å². The molecule has 4 fully saturated rings. The molecule has 9 rings (SSSR count). The summed E-state index contributed by atoms with van der Waals surface area (Å²) in [5, 5.41) is 1.65. The van der Waals surface area contributed by atoms with Crippen molar-refractivity contribution in [2.75, 3.05) is 45.0 Å². The molecule has 12 nitrogen and oxygen atoms in total. The van der Waals surface area contributed by atoms with Crippen LogP contribution in [0.15, 0.2) is 30.3 Å². The minimum Gasteiger partial charge on any atom is -0.471 e. The Labute approximate surface area is 330 Å². The topological polar surface area (TPSA) is 112 Å². The van der Waals surface area contributed by atoms with Crippen LogP contribution in [0.4, 0.5) is 19.4 Å². The predicted molar refractivity (Wildman–Crippen MR) is 210 cm³/mol. The number of piperazine rings is 1. The largest absolute Gasteiger partial charge is 0.471 e. The van der Waals surface area contributed by atoms with E-state index >= 15 is 4.39 Å². The lowest BCUT2D eigenvalue weighted by atomic mass is 9.95. The number of carbonyl (C=O) groups is 1. The summed E-state index contributed by atoms with van der Waals surface area (Å²) in [5.74, 6) is 3.05. The van der Waals surface area contributed by atoms with Crippen molar-refractivity contribution in [2.24, 2.45) is 0 Å². The summed E-state index contributed by atoms with van der Waals surface area (Å²) in [7, 11) is 1.52. The molecule has 4 aromatic rings. The maximum absolute atomic E-state index is 17.7. The van der Waals surface area contributed by atoms with Gasteiger partial charge in [-0.2, -0.15) is 9.97 Å². The van der Waals surface area contributed by atoms with Gasteiger partial charge in [-0.3, -0.25) is 9.80 Å².